The zero-order valence-corrected chi connectivity index (χ0v) is 10.3. The first-order valence-electron chi connectivity index (χ1n) is 6.36. The Bertz CT molecular complexity index is 255. The Morgan fingerprint density at radius 2 is 2.00 bits per heavy atom. The number of hydrogen-bond acceptors (Lipinski definition) is 3. The summed E-state index contributed by atoms with van der Waals surface area (Å²) in [5, 5.41) is 0. The lowest BCUT2D eigenvalue weighted by Crippen LogP contribution is -2.40. The average Bonchev–Trinajstić information content (AvgIpc) is 2.54. The van der Waals surface area contributed by atoms with Gasteiger partial charge in [0.05, 0.1) is 6.10 Å². The first-order chi connectivity index (χ1) is 7.66. The van der Waals surface area contributed by atoms with Crippen LogP contribution in [0.25, 0.3) is 0 Å². The topological polar surface area (TPSA) is 32.8 Å². The molecule has 2 saturated heterocycles. The molecule has 0 aromatic heterocycles. The molecule has 2 aliphatic heterocycles. The molecule has 0 aromatic carbocycles. The Morgan fingerprint density at radius 1 is 1.25 bits per heavy atom. The number of fused-ring (bicyclic) bond motifs is 1. The van der Waals surface area contributed by atoms with Gasteiger partial charge in [0.15, 0.2) is 0 Å². The molecule has 0 N–H and O–H groups in total. The van der Waals surface area contributed by atoms with Crippen molar-refractivity contribution in [3.8, 4) is 0 Å². The van der Waals surface area contributed by atoms with E-state index in [-0.39, 0.29) is 12.2 Å². The normalized spacial score (nSPS) is 26.7. The van der Waals surface area contributed by atoms with Crippen LogP contribution in [-0.4, -0.2) is 54.2 Å². The van der Waals surface area contributed by atoms with E-state index in [9.17, 15) is 4.79 Å². The molecule has 16 heavy (non-hydrogen) atoms. The highest BCUT2D eigenvalue weighted by Gasteiger charge is 2.31. The summed E-state index contributed by atoms with van der Waals surface area (Å²) in [6, 6.07) is 0.571. The molecular formula is C12H22N2O2. The molecule has 2 aliphatic rings. The third kappa shape index (κ3) is 2.67. The van der Waals surface area contributed by atoms with Gasteiger partial charge in [0.1, 0.15) is 0 Å². The highest BCUT2D eigenvalue weighted by Crippen LogP contribution is 2.21. The summed E-state index contributed by atoms with van der Waals surface area (Å²) in [6.07, 6.45) is 3.42. The van der Waals surface area contributed by atoms with Crippen LogP contribution in [0.1, 0.15) is 33.1 Å². The van der Waals surface area contributed by atoms with Crippen LogP contribution in [0.4, 0.5) is 4.79 Å². The van der Waals surface area contributed by atoms with Crippen LogP contribution in [0, 0.1) is 0 Å². The van der Waals surface area contributed by atoms with E-state index in [1.807, 2.05) is 18.7 Å². The predicted molar refractivity (Wildman–Crippen MR) is 62.4 cm³/mol. The van der Waals surface area contributed by atoms with Crippen LogP contribution < -0.4 is 0 Å². The van der Waals surface area contributed by atoms with Crippen molar-refractivity contribution >= 4 is 6.09 Å². The summed E-state index contributed by atoms with van der Waals surface area (Å²) in [7, 11) is 0. The Hall–Kier alpha value is -0.770. The van der Waals surface area contributed by atoms with Crippen LogP contribution >= 0.6 is 0 Å². The molecule has 4 nitrogen and oxygen atoms in total. The number of carbonyl (C=O) groups excluding carboxylic acids is 1. The van der Waals surface area contributed by atoms with Gasteiger partial charge in [0, 0.05) is 25.7 Å². The van der Waals surface area contributed by atoms with E-state index in [0.29, 0.717) is 6.04 Å². The first-order valence-corrected chi connectivity index (χ1v) is 6.36. The molecule has 1 unspecified atom stereocenters. The molecule has 2 heterocycles. The van der Waals surface area contributed by atoms with Gasteiger partial charge in [-0.25, -0.2) is 4.79 Å². The molecule has 1 amide bonds. The number of ether oxygens (including phenoxy) is 1. The molecule has 0 bridgehead atoms. The highest BCUT2D eigenvalue weighted by atomic mass is 16.6. The van der Waals surface area contributed by atoms with E-state index in [0.717, 1.165) is 26.1 Å². The van der Waals surface area contributed by atoms with Gasteiger partial charge in [-0.1, -0.05) is 0 Å². The van der Waals surface area contributed by atoms with E-state index in [2.05, 4.69) is 4.90 Å². The van der Waals surface area contributed by atoms with Crippen molar-refractivity contribution in [1.29, 1.82) is 0 Å². The maximum Gasteiger partial charge on any atom is 0.410 e. The quantitative estimate of drug-likeness (QED) is 0.682. The Kier molecular flexibility index (Phi) is 3.69. The summed E-state index contributed by atoms with van der Waals surface area (Å²) < 4.78 is 5.26. The maximum absolute atomic E-state index is 11.8. The summed E-state index contributed by atoms with van der Waals surface area (Å²) in [6.45, 7) is 7.84. The van der Waals surface area contributed by atoms with Crippen LogP contribution in [0.15, 0.2) is 0 Å². The zero-order valence-electron chi connectivity index (χ0n) is 10.3. The minimum atomic E-state index is -0.135. The van der Waals surface area contributed by atoms with E-state index in [1.165, 1.54) is 19.4 Å². The lowest BCUT2D eigenvalue weighted by Gasteiger charge is -2.25. The Balaban J connectivity index is 1.92. The Labute approximate surface area is 97.5 Å². The van der Waals surface area contributed by atoms with Crippen molar-refractivity contribution in [2.75, 3.05) is 26.2 Å². The second-order valence-corrected chi connectivity index (χ2v) is 5.06. The number of carbonyl (C=O) groups is 1. The molecule has 0 spiro atoms. The summed E-state index contributed by atoms with van der Waals surface area (Å²) in [4.78, 5) is 16.2. The van der Waals surface area contributed by atoms with E-state index in [1.54, 1.807) is 0 Å². The molecule has 2 fully saturated rings. The summed E-state index contributed by atoms with van der Waals surface area (Å²) in [5.74, 6) is 0. The van der Waals surface area contributed by atoms with E-state index in [4.69, 9.17) is 4.74 Å². The molecule has 0 saturated carbocycles. The maximum atomic E-state index is 11.8. The summed E-state index contributed by atoms with van der Waals surface area (Å²) in [5.41, 5.74) is 0. The van der Waals surface area contributed by atoms with Crippen LogP contribution in [0.3, 0.4) is 0 Å². The van der Waals surface area contributed by atoms with Crippen molar-refractivity contribution in [2.24, 2.45) is 0 Å². The van der Waals surface area contributed by atoms with Gasteiger partial charge < -0.3 is 9.64 Å². The third-order valence-corrected chi connectivity index (χ3v) is 3.40. The van der Waals surface area contributed by atoms with Gasteiger partial charge in [0.25, 0.3) is 0 Å². The molecule has 0 aromatic rings. The minimum absolute atomic E-state index is 0.0181. The number of amides is 1. The first kappa shape index (κ1) is 11.7. The smallest absolute Gasteiger partial charge is 0.410 e. The number of rotatable bonds is 1. The molecular weight excluding hydrogens is 204 g/mol. The van der Waals surface area contributed by atoms with E-state index < -0.39 is 0 Å². The second kappa shape index (κ2) is 5.04. The SMILES string of the molecule is CC(C)OC(=O)N1CCCN2CCCC2C1. The van der Waals surface area contributed by atoms with Gasteiger partial charge in [-0.3, -0.25) is 4.90 Å². The van der Waals surface area contributed by atoms with Gasteiger partial charge in [-0.2, -0.15) is 0 Å². The predicted octanol–water partition coefficient (Wildman–Crippen LogP) is 1.70. The zero-order chi connectivity index (χ0) is 11.5. The standard InChI is InChI=1S/C12H22N2O2/c1-10(2)16-12(15)14-8-4-7-13-6-3-5-11(13)9-14/h10-11H,3-9H2,1-2H3. The monoisotopic (exact) mass is 226 g/mol. The number of nitrogens with zero attached hydrogens (tertiary/aromatic N) is 2. The fraction of sp³-hybridized carbons (Fsp3) is 0.917. The van der Waals surface area contributed by atoms with Crippen molar-refractivity contribution in [2.45, 2.75) is 45.3 Å². The van der Waals surface area contributed by atoms with Crippen molar-refractivity contribution in [3.63, 3.8) is 0 Å². The van der Waals surface area contributed by atoms with Crippen molar-refractivity contribution in [1.82, 2.24) is 9.80 Å². The molecule has 2 rings (SSSR count). The second-order valence-electron chi connectivity index (χ2n) is 5.06. The average molecular weight is 226 g/mol. The third-order valence-electron chi connectivity index (χ3n) is 3.40. The molecule has 0 aliphatic carbocycles. The molecule has 4 heteroatoms. The van der Waals surface area contributed by atoms with Gasteiger partial charge >= 0.3 is 6.09 Å². The minimum Gasteiger partial charge on any atom is -0.447 e. The molecule has 1 atom stereocenters. The van der Waals surface area contributed by atoms with Gasteiger partial charge in [-0.15, -0.1) is 0 Å². The number of hydrogen-bond donors (Lipinski definition) is 0. The van der Waals surface area contributed by atoms with Gasteiger partial charge in [0.2, 0.25) is 0 Å². The van der Waals surface area contributed by atoms with E-state index >= 15 is 0 Å². The lowest BCUT2D eigenvalue weighted by molar-refractivity contribution is 0.0745. The highest BCUT2D eigenvalue weighted by molar-refractivity contribution is 5.67. The largest absolute Gasteiger partial charge is 0.447 e. The lowest BCUT2D eigenvalue weighted by atomic mass is 10.2. The fourth-order valence-electron chi connectivity index (χ4n) is 2.65. The van der Waals surface area contributed by atoms with Crippen molar-refractivity contribution < 1.29 is 9.53 Å². The molecule has 92 valence electrons. The van der Waals surface area contributed by atoms with Gasteiger partial charge in [-0.05, 0) is 39.7 Å². The van der Waals surface area contributed by atoms with Crippen LogP contribution in [0.2, 0.25) is 0 Å². The van der Waals surface area contributed by atoms with Crippen LogP contribution in [-0.2, 0) is 4.74 Å². The Morgan fingerprint density at radius 3 is 2.75 bits per heavy atom. The van der Waals surface area contributed by atoms with Crippen molar-refractivity contribution in [3.05, 3.63) is 0 Å². The summed E-state index contributed by atoms with van der Waals surface area (Å²) >= 11 is 0. The molecule has 0 radical (unpaired) electrons. The fourth-order valence-corrected chi connectivity index (χ4v) is 2.65. The van der Waals surface area contributed by atoms with Crippen LogP contribution in [0.5, 0.6) is 0 Å².